The number of amides is 3. The summed E-state index contributed by atoms with van der Waals surface area (Å²) in [5.41, 5.74) is -3.37. The van der Waals surface area contributed by atoms with Crippen molar-refractivity contribution in [1.82, 2.24) is 20.5 Å². The van der Waals surface area contributed by atoms with Crippen LogP contribution in [0, 0.1) is 0 Å². The number of Topliss-reactive ketones (excluding diaryl/α,β-unsaturated/α-hetero) is 1. The number of nitrogens with one attached hydrogen (secondary N) is 2. The summed E-state index contributed by atoms with van der Waals surface area (Å²) in [5.74, 6) is -5.83. The molecule has 336 valence electrons. The second kappa shape index (κ2) is 17.3. The average molecular weight is 946 g/mol. The lowest BCUT2D eigenvalue weighted by Gasteiger charge is -2.43. The van der Waals surface area contributed by atoms with Crippen molar-refractivity contribution in [3.8, 4) is 17.2 Å². The van der Waals surface area contributed by atoms with Crippen molar-refractivity contribution in [3.63, 3.8) is 0 Å². The van der Waals surface area contributed by atoms with Crippen molar-refractivity contribution in [1.29, 1.82) is 0 Å². The van der Waals surface area contributed by atoms with Crippen molar-refractivity contribution in [2.75, 3.05) is 20.3 Å². The first-order chi connectivity index (χ1) is 30.5. The number of rotatable bonds is 10. The molecule has 3 heterocycles. The van der Waals surface area contributed by atoms with Crippen molar-refractivity contribution in [2.45, 2.75) is 94.3 Å². The number of fused-ring (bicyclic) bond motifs is 4. The molecule has 2 aliphatic carbocycles. The van der Waals surface area contributed by atoms with Gasteiger partial charge in [0.05, 0.1) is 53.1 Å². The van der Waals surface area contributed by atoms with Gasteiger partial charge in [-0.3, -0.25) is 33.8 Å². The number of likely N-dealkylation sites (tertiary alicyclic amines) is 1. The zero-order chi connectivity index (χ0) is 45.9. The molecule has 3 aromatic carbocycles. The Kier molecular flexibility index (Phi) is 12.1. The average Bonchev–Trinajstić information content (AvgIpc) is 3.77. The summed E-state index contributed by atoms with van der Waals surface area (Å²) in [7, 11) is 1.30. The number of carbonyl (C=O) groups excluding carboxylic acids is 6. The van der Waals surface area contributed by atoms with Gasteiger partial charge in [-0.1, -0.05) is 34.1 Å². The number of benzene rings is 3. The Morgan fingerprint density at radius 2 is 1.78 bits per heavy atom. The summed E-state index contributed by atoms with van der Waals surface area (Å²) in [5, 5.41) is 62.5. The Hall–Kier alpha value is -5.83. The van der Waals surface area contributed by atoms with Crippen LogP contribution in [0.1, 0.15) is 99.0 Å². The zero-order valence-electron chi connectivity index (χ0n) is 34.8. The number of phenolic OH excluding ortho intramolecular Hbond substituents is 2. The van der Waals surface area contributed by atoms with Crippen LogP contribution in [0.5, 0.6) is 17.2 Å². The van der Waals surface area contributed by atoms with E-state index in [1.165, 1.54) is 50.3 Å². The standard InChI is InChI=1S/C45H45BrN4O14/c1-19(48-42(58)22-12-13-47-25-9-5-8-24(46)32(22)25)44(60)50-14-6-10-27(50)43(59)49-26-15-31(63-20(2)37(26)53)64-29-17-45(61,30(52)18-51)16-23-34(29)41(57)36-35(39(23)55)38(54)21-7-4-11-28(62-3)33(21)40(36)56/h4-5,7-9,11-13,19-20,26-27,29,31,37,51,53,55,57,61H,6,10,14-18H2,1-3H3,(H,48,58)(H,49,59)/t19-,20?,26?,27+,29+,31?,37?,45+/m1/s1. The number of phenols is 2. The van der Waals surface area contributed by atoms with Crippen LogP contribution in [-0.2, 0) is 30.3 Å². The molecule has 64 heavy (non-hydrogen) atoms. The maximum absolute atomic E-state index is 14.0. The van der Waals surface area contributed by atoms with Gasteiger partial charge < -0.3 is 55.3 Å². The Labute approximate surface area is 373 Å². The van der Waals surface area contributed by atoms with Gasteiger partial charge in [0.25, 0.3) is 5.91 Å². The lowest BCUT2D eigenvalue weighted by Crippen LogP contribution is -2.59. The Bertz CT molecular complexity index is 2630. The number of aliphatic hydroxyl groups excluding tert-OH is 2. The molecule has 0 saturated carbocycles. The van der Waals surface area contributed by atoms with Gasteiger partial charge in [0.1, 0.15) is 47.6 Å². The smallest absolute Gasteiger partial charge is 0.252 e. The molecular weight excluding hydrogens is 900 g/mol. The van der Waals surface area contributed by atoms with Gasteiger partial charge in [-0.2, -0.15) is 0 Å². The van der Waals surface area contributed by atoms with E-state index in [-0.39, 0.29) is 47.4 Å². The fourth-order valence-corrected chi connectivity index (χ4v) is 9.95. The fraction of sp³-hybridized carbons (Fsp3) is 0.400. The molecule has 18 nitrogen and oxygen atoms in total. The van der Waals surface area contributed by atoms with E-state index in [0.717, 1.165) is 0 Å². The predicted octanol–water partition coefficient (Wildman–Crippen LogP) is 2.28. The van der Waals surface area contributed by atoms with Crippen LogP contribution in [0.4, 0.5) is 0 Å². The van der Waals surface area contributed by atoms with Crippen LogP contribution in [0.15, 0.2) is 53.1 Å². The van der Waals surface area contributed by atoms with E-state index in [4.69, 9.17) is 14.2 Å². The quantitative estimate of drug-likeness (QED) is 0.0991. The molecule has 2 saturated heterocycles. The fourth-order valence-electron chi connectivity index (χ4n) is 9.38. The second-order valence-electron chi connectivity index (χ2n) is 16.5. The largest absolute Gasteiger partial charge is 0.507 e. The topological polar surface area (TPSA) is 271 Å². The maximum Gasteiger partial charge on any atom is 0.252 e. The Morgan fingerprint density at radius 3 is 2.52 bits per heavy atom. The van der Waals surface area contributed by atoms with Crippen LogP contribution in [0.3, 0.4) is 0 Å². The van der Waals surface area contributed by atoms with Crippen molar-refractivity contribution in [2.24, 2.45) is 0 Å². The molecule has 4 unspecified atom stereocenters. The van der Waals surface area contributed by atoms with Gasteiger partial charge in [-0.05, 0) is 51.0 Å². The summed E-state index contributed by atoms with van der Waals surface area (Å²) in [6, 6.07) is 8.10. The van der Waals surface area contributed by atoms with Crippen molar-refractivity contribution in [3.05, 3.63) is 92.1 Å². The molecule has 3 amide bonds. The third-order valence-corrected chi connectivity index (χ3v) is 13.3. The first kappa shape index (κ1) is 44.8. The van der Waals surface area contributed by atoms with E-state index in [2.05, 4.69) is 31.5 Å². The van der Waals surface area contributed by atoms with Crippen LogP contribution >= 0.6 is 15.9 Å². The Balaban J connectivity index is 1.02. The number of nitrogens with zero attached hydrogens (tertiary/aromatic N) is 2. The van der Waals surface area contributed by atoms with E-state index >= 15 is 0 Å². The predicted molar refractivity (Wildman–Crippen MR) is 227 cm³/mol. The maximum atomic E-state index is 14.0. The molecule has 0 bridgehead atoms. The number of halogens is 1. The number of hydrogen-bond acceptors (Lipinski definition) is 15. The van der Waals surface area contributed by atoms with Gasteiger partial charge in [0, 0.05) is 58.6 Å². The highest BCUT2D eigenvalue weighted by Gasteiger charge is 2.51. The van der Waals surface area contributed by atoms with Gasteiger partial charge in [0.2, 0.25) is 17.6 Å². The van der Waals surface area contributed by atoms with E-state index in [1.54, 1.807) is 24.3 Å². The molecule has 8 atom stereocenters. The summed E-state index contributed by atoms with van der Waals surface area (Å²) in [6.07, 6.45) is -4.41. The summed E-state index contributed by atoms with van der Waals surface area (Å²) in [6.45, 7) is 2.15. The van der Waals surface area contributed by atoms with Crippen LogP contribution in [0.2, 0.25) is 0 Å². The first-order valence-corrected chi connectivity index (χ1v) is 21.5. The lowest BCUT2D eigenvalue weighted by atomic mass is 9.72. The third kappa shape index (κ3) is 7.58. The number of ketones is 3. The molecule has 0 spiro atoms. The van der Waals surface area contributed by atoms with E-state index in [9.17, 15) is 54.3 Å². The van der Waals surface area contributed by atoms with E-state index in [0.29, 0.717) is 27.4 Å². The second-order valence-corrected chi connectivity index (χ2v) is 17.3. The van der Waals surface area contributed by atoms with Gasteiger partial charge in [-0.15, -0.1) is 0 Å². The van der Waals surface area contributed by atoms with E-state index in [1.807, 2.05) is 0 Å². The number of aliphatic hydroxyl groups is 3. The number of hydrogen-bond donors (Lipinski definition) is 7. The molecule has 7 N–H and O–H groups in total. The Morgan fingerprint density at radius 1 is 1.05 bits per heavy atom. The molecule has 0 radical (unpaired) electrons. The minimum atomic E-state index is -2.39. The number of aromatic hydroxyl groups is 2. The lowest BCUT2D eigenvalue weighted by molar-refractivity contribution is -0.249. The highest BCUT2D eigenvalue weighted by molar-refractivity contribution is 9.10. The normalized spacial score (nSPS) is 25.5. The minimum Gasteiger partial charge on any atom is -0.507 e. The molecule has 4 aliphatic rings. The molecular formula is C45H45BrN4O14. The SMILES string of the molecule is COc1cccc2c1C(=O)c1c(O)c3c(c(O)c1C2=O)C[C@@](O)(C(=O)CO)C[C@@H]3OC1CC(NC(=O)[C@@H]2CCCN2C(=O)[C@@H](C)NC(=O)c2ccnc3cccc(Br)c23)C(O)C(C)O1. The minimum absolute atomic E-state index is 0.0415. The third-order valence-electron chi connectivity index (χ3n) is 12.6. The van der Waals surface area contributed by atoms with Gasteiger partial charge in [0.15, 0.2) is 17.9 Å². The van der Waals surface area contributed by atoms with Crippen LogP contribution < -0.4 is 15.4 Å². The molecule has 8 rings (SSSR count). The highest BCUT2D eigenvalue weighted by Crippen LogP contribution is 2.52. The summed E-state index contributed by atoms with van der Waals surface area (Å²) >= 11 is 3.47. The number of ether oxygens (including phenoxy) is 3. The molecule has 1 aromatic heterocycles. The number of carbonyl (C=O) groups is 6. The zero-order valence-corrected chi connectivity index (χ0v) is 36.4. The van der Waals surface area contributed by atoms with Crippen LogP contribution in [-0.4, -0.2) is 133 Å². The molecule has 4 aromatic rings. The number of aromatic nitrogens is 1. The molecule has 19 heteroatoms. The summed E-state index contributed by atoms with van der Waals surface area (Å²) < 4.78 is 18.3. The molecule has 2 aliphatic heterocycles. The monoisotopic (exact) mass is 944 g/mol. The van der Waals surface area contributed by atoms with Crippen LogP contribution in [0.25, 0.3) is 10.9 Å². The van der Waals surface area contributed by atoms with Gasteiger partial charge >= 0.3 is 0 Å². The van der Waals surface area contributed by atoms with Crippen molar-refractivity contribution >= 4 is 61.9 Å². The molecule has 2 fully saturated rings. The first-order valence-electron chi connectivity index (χ1n) is 20.7. The van der Waals surface area contributed by atoms with E-state index < -0.39 is 125 Å². The summed E-state index contributed by atoms with van der Waals surface area (Å²) in [4.78, 5) is 87.9. The highest BCUT2D eigenvalue weighted by atomic mass is 79.9. The van der Waals surface area contributed by atoms with Gasteiger partial charge in [-0.25, -0.2) is 0 Å². The number of methoxy groups -OCH3 is 1. The van der Waals surface area contributed by atoms with Crippen molar-refractivity contribution < 1.29 is 68.5 Å². The number of pyridine rings is 1.